The van der Waals surface area contributed by atoms with E-state index in [1.54, 1.807) is 16.2 Å². The lowest BCUT2D eigenvalue weighted by molar-refractivity contribution is 0.141. The van der Waals surface area contributed by atoms with Crippen LogP contribution < -0.4 is 0 Å². The van der Waals surface area contributed by atoms with Gasteiger partial charge < -0.3 is 9.80 Å². The summed E-state index contributed by atoms with van der Waals surface area (Å²) in [5.41, 5.74) is 2.87. The van der Waals surface area contributed by atoms with Gasteiger partial charge in [-0.15, -0.1) is 11.3 Å². The van der Waals surface area contributed by atoms with E-state index in [0.717, 1.165) is 37.5 Å². The summed E-state index contributed by atoms with van der Waals surface area (Å²) < 4.78 is 0. The van der Waals surface area contributed by atoms with Crippen LogP contribution in [0, 0.1) is 12.8 Å². The zero-order chi connectivity index (χ0) is 13.1. The van der Waals surface area contributed by atoms with Gasteiger partial charge in [0.25, 0.3) is 0 Å². The molecule has 100 valence electrons. The van der Waals surface area contributed by atoms with Crippen LogP contribution >= 0.6 is 11.3 Å². The van der Waals surface area contributed by atoms with Crippen molar-refractivity contribution >= 4 is 17.4 Å². The van der Waals surface area contributed by atoms with Gasteiger partial charge in [0.2, 0.25) is 0 Å². The third-order valence-electron chi connectivity index (χ3n) is 3.61. The molecular weight excluding hydrogens is 246 g/mol. The molecule has 2 amide bonds. The van der Waals surface area contributed by atoms with Crippen LogP contribution in [-0.4, -0.2) is 41.0 Å². The number of thiazole rings is 1. The Morgan fingerprint density at radius 2 is 2.22 bits per heavy atom. The highest BCUT2D eigenvalue weighted by atomic mass is 32.1. The van der Waals surface area contributed by atoms with Crippen molar-refractivity contribution < 1.29 is 4.79 Å². The van der Waals surface area contributed by atoms with Crippen LogP contribution in [-0.2, 0) is 6.54 Å². The number of piperidine rings is 1. The first-order chi connectivity index (χ1) is 8.58. The van der Waals surface area contributed by atoms with Gasteiger partial charge in [-0.1, -0.05) is 6.92 Å². The average molecular weight is 267 g/mol. The number of aryl methyl sites for hydroxylation is 1. The molecule has 2 heterocycles. The normalized spacial score (nSPS) is 16.9. The van der Waals surface area contributed by atoms with E-state index in [9.17, 15) is 4.79 Å². The Hall–Kier alpha value is -1.10. The predicted molar refractivity (Wildman–Crippen MR) is 73.7 cm³/mol. The number of carbonyl (C=O) groups is 1. The molecule has 0 saturated carbocycles. The van der Waals surface area contributed by atoms with Crippen LogP contribution in [0.3, 0.4) is 0 Å². The van der Waals surface area contributed by atoms with Gasteiger partial charge in [-0.3, -0.25) is 0 Å². The largest absolute Gasteiger partial charge is 0.325 e. The minimum atomic E-state index is 0.148. The van der Waals surface area contributed by atoms with E-state index in [0.29, 0.717) is 6.54 Å². The smallest absolute Gasteiger partial charge is 0.320 e. The summed E-state index contributed by atoms with van der Waals surface area (Å²) in [6.07, 6.45) is 2.25. The summed E-state index contributed by atoms with van der Waals surface area (Å²) in [4.78, 5) is 21.4. The minimum Gasteiger partial charge on any atom is -0.325 e. The van der Waals surface area contributed by atoms with Gasteiger partial charge in [0.1, 0.15) is 0 Å². The van der Waals surface area contributed by atoms with Crippen LogP contribution in [0.5, 0.6) is 0 Å². The molecule has 0 unspecified atom stereocenters. The molecule has 0 bridgehead atoms. The Kier molecular flexibility index (Phi) is 4.22. The van der Waals surface area contributed by atoms with E-state index in [2.05, 4.69) is 11.9 Å². The van der Waals surface area contributed by atoms with Gasteiger partial charge in [-0.05, 0) is 25.7 Å². The van der Waals surface area contributed by atoms with Crippen molar-refractivity contribution in [2.75, 3.05) is 20.1 Å². The van der Waals surface area contributed by atoms with Crippen molar-refractivity contribution in [1.82, 2.24) is 14.8 Å². The van der Waals surface area contributed by atoms with E-state index < -0.39 is 0 Å². The zero-order valence-corrected chi connectivity index (χ0v) is 12.2. The molecule has 0 spiro atoms. The number of aromatic nitrogens is 1. The lowest BCUT2D eigenvalue weighted by Crippen LogP contribution is -2.44. The fraction of sp³-hybridized carbons (Fsp3) is 0.692. The summed E-state index contributed by atoms with van der Waals surface area (Å²) in [6, 6.07) is 0.148. The third-order valence-corrected chi connectivity index (χ3v) is 4.53. The molecule has 5 heteroatoms. The monoisotopic (exact) mass is 267 g/mol. The summed E-state index contributed by atoms with van der Waals surface area (Å²) >= 11 is 1.62. The number of urea groups is 1. The molecule has 1 saturated heterocycles. The van der Waals surface area contributed by atoms with Crippen LogP contribution in [0.25, 0.3) is 0 Å². The Bertz CT molecular complexity index is 410. The first-order valence-electron chi connectivity index (χ1n) is 6.47. The third kappa shape index (κ3) is 3.02. The molecule has 0 atom stereocenters. The summed E-state index contributed by atoms with van der Waals surface area (Å²) in [5, 5.41) is 0. The number of likely N-dealkylation sites (tertiary alicyclic amines) is 1. The maximum Gasteiger partial charge on any atom is 0.320 e. The Balaban J connectivity index is 1.91. The second-order valence-electron chi connectivity index (χ2n) is 5.17. The highest BCUT2D eigenvalue weighted by molar-refractivity contribution is 7.09. The molecule has 4 nitrogen and oxygen atoms in total. The molecule has 1 aliphatic heterocycles. The second-order valence-corrected chi connectivity index (χ2v) is 6.11. The molecule has 2 rings (SSSR count). The van der Waals surface area contributed by atoms with Crippen LogP contribution in [0.2, 0.25) is 0 Å². The quantitative estimate of drug-likeness (QED) is 0.826. The molecule has 18 heavy (non-hydrogen) atoms. The molecular formula is C13H21N3OS. The summed E-state index contributed by atoms with van der Waals surface area (Å²) in [6.45, 7) is 6.71. The molecule has 1 aromatic rings. The van der Waals surface area contributed by atoms with Gasteiger partial charge in [0.05, 0.1) is 17.7 Å². The predicted octanol–water partition coefficient (Wildman–Crippen LogP) is 2.74. The highest BCUT2D eigenvalue weighted by Crippen LogP contribution is 2.19. The molecule has 0 aliphatic carbocycles. The maximum atomic E-state index is 12.3. The van der Waals surface area contributed by atoms with Crippen molar-refractivity contribution in [1.29, 1.82) is 0 Å². The Morgan fingerprint density at radius 1 is 1.56 bits per heavy atom. The van der Waals surface area contributed by atoms with E-state index in [1.807, 2.05) is 24.4 Å². The van der Waals surface area contributed by atoms with E-state index in [-0.39, 0.29) is 6.03 Å². The summed E-state index contributed by atoms with van der Waals surface area (Å²) in [5.74, 6) is 0.753. The van der Waals surface area contributed by atoms with Crippen LogP contribution in [0.1, 0.15) is 30.3 Å². The molecule has 0 N–H and O–H groups in total. The number of hydrogen-bond donors (Lipinski definition) is 0. The molecule has 1 fully saturated rings. The van der Waals surface area contributed by atoms with Gasteiger partial charge in [0.15, 0.2) is 0 Å². The van der Waals surface area contributed by atoms with Crippen molar-refractivity contribution in [3.8, 4) is 0 Å². The first-order valence-corrected chi connectivity index (χ1v) is 7.35. The van der Waals surface area contributed by atoms with Crippen LogP contribution in [0.4, 0.5) is 4.79 Å². The number of rotatable bonds is 2. The van der Waals surface area contributed by atoms with Crippen molar-refractivity contribution in [3.05, 3.63) is 16.1 Å². The molecule has 1 aromatic heterocycles. The van der Waals surface area contributed by atoms with Gasteiger partial charge >= 0.3 is 6.03 Å². The zero-order valence-electron chi connectivity index (χ0n) is 11.3. The highest BCUT2D eigenvalue weighted by Gasteiger charge is 2.23. The number of carbonyl (C=O) groups excluding carboxylic acids is 1. The molecule has 0 aromatic carbocycles. The Labute approximate surface area is 113 Å². The van der Waals surface area contributed by atoms with Crippen LogP contribution in [0.15, 0.2) is 5.51 Å². The molecule has 1 aliphatic rings. The Morgan fingerprint density at radius 3 is 2.78 bits per heavy atom. The number of hydrogen-bond acceptors (Lipinski definition) is 3. The van der Waals surface area contributed by atoms with E-state index in [1.165, 1.54) is 4.88 Å². The average Bonchev–Trinajstić information content (AvgIpc) is 2.75. The van der Waals surface area contributed by atoms with E-state index in [4.69, 9.17) is 0 Å². The number of nitrogens with zero attached hydrogens (tertiary/aromatic N) is 3. The van der Waals surface area contributed by atoms with Crippen molar-refractivity contribution in [3.63, 3.8) is 0 Å². The fourth-order valence-corrected chi connectivity index (χ4v) is 3.03. The number of amides is 2. The SMILES string of the molecule is Cc1ncsc1CN(C)C(=O)N1CCC(C)CC1. The standard InChI is InChI=1S/C13H21N3OS/c1-10-4-6-16(7-5-10)13(17)15(3)8-12-11(2)14-9-18-12/h9-10H,4-8H2,1-3H3. The second kappa shape index (κ2) is 5.69. The first kappa shape index (κ1) is 13.3. The molecule has 0 radical (unpaired) electrons. The van der Waals surface area contributed by atoms with Crippen molar-refractivity contribution in [2.45, 2.75) is 33.2 Å². The topological polar surface area (TPSA) is 36.4 Å². The van der Waals surface area contributed by atoms with Gasteiger partial charge in [0, 0.05) is 25.0 Å². The summed E-state index contributed by atoms with van der Waals surface area (Å²) in [7, 11) is 1.87. The van der Waals surface area contributed by atoms with E-state index >= 15 is 0 Å². The van der Waals surface area contributed by atoms with Crippen molar-refractivity contribution in [2.24, 2.45) is 5.92 Å². The lowest BCUT2D eigenvalue weighted by atomic mass is 10.00. The van der Waals surface area contributed by atoms with Gasteiger partial charge in [-0.25, -0.2) is 9.78 Å². The maximum absolute atomic E-state index is 12.3. The minimum absolute atomic E-state index is 0.148. The lowest BCUT2D eigenvalue weighted by Gasteiger charge is -2.33. The fourth-order valence-electron chi connectivity index (χ4n) is 2.20. The van der Waals surface area contributed by atoms with Gasteiger partial charge in [-0.2, -0.15) is 0 Å².